The van der Waals surface area contributed by atoms with Gasteiger partial charge in [-0.15, -0.1) is 0 Å². The fourth-order valence-electron chi connectivity index (χ4n) is 8.50. The summed E-state index contributed by atoms with van der Waals surface area (Å²) < 4.78 is 2.24. The van der Waals surface area contributed by atoms with Crippen LogP contribution in [0.15, 0.2) is 66.7 Å². The first-order valence-corrected chi connectivity index (χ1v) is 16.9. The lowest BCUT2D eigenvalue weighted by atomic mass is 9.87. The molecular formula is C37H50N4O2. The maximum absolute atomic E-state index is 12.0. The number of benzene rings is 2. The molecule has 3 aliphatic rings. The fourth-order valence-corrected chi connectivity index (χ4v) is 8.50. The van der Waals surface area contributed by atoms with Crippen LogP contribution in [0.5, 0.6) is 0 Å². The quantitative estimate of drug-likeness (QED) is 0.265. The standard InChI is InChI=1S/C37H50N4O2/c1-2-41-36(24-32(38-41)22-28-12-6-3-7-13-28)30-18-20-39(21-19-30)26-31-23-34(25-35(31)29-14-8-4-9-15-29)40(27-37(42)43)33-16-10-5-11-17-33/h3-4,6-9,12-15,24,30-31,33-35H,2,5,10-11,16-23,25-27H2,1H3,(H,42,43)/t31-,34?,35-/m1/s1. The van der Waals surface area contributed by atoms with Gasteiger partial charge in [-0.3, -0.25) is 14.4 Å². The van der Waals surface area contributed by atoms with Crippen LogP contribution < -0.4 is 0 Å². The lowest BCUT2D eigenvalue weighted by molar-refractivity contribution is -0.140. The SMILES string of the molecule is CCn1nc(Cc2ccccc2)cc1C1CCN(C[C@H]2CC(N(CC(=O)O)C3CCCCC3)C[C@@H]2c2ccccc2)CC1. The van der Waals surface area contributed by atoms with Crippen LogP contribution in [0.25, 0.3) is 0 Å². The largest absolute Gasteiger partial charge is 0.480 e. The highest BCUT2D eigenvalue weighted by atomic mass is 16.4. The highest BCUT2D eigenvalue weighted by molar-refractivity contribution is 5.69. The lowest BCUT2D eigenvalue weighted by Crippen LogP contribution is -2.46. The summed E-state index contributed by atoms with van der Waals surface area (Å²) in [6.45, 7) is 6.67. The van der Waals surface area contributed by atoms with E-state index in [-0.39, 0.29) is 6.54 Å². The van der Waals surface area contributed by atoms with Gasteiger partial charge in [0.2, 0.25) is 0 Å². The van der Waals surface area contributed by atoms with Gasteiger partial charge in [0.1, 0.15) is 0 Å². The second-order valence-electron chi connectivity index (χ2n) is 13.4. The fraction of sp³-hybridized carbons (Fsp3) is 0.568. The van der Waals surface area contributed by atoms with Crippen molar-refractivity contribution in [2.75, 3.05) is 26.2 Å². The van der Waals surface area contributed by atoms with Crippen LogP contribution in [0, 0.1) is 5.92 Å². The van der Waals surface area contributed by atoms with Crippen molar-refractivity contribution in [3.63, 3.8) is 0 Å². The molecule has 2 aromatic carbocycles. The van der Waals surface area contributed by atoms with E-state index in [4.69, 9.17) is 5.10 Å². The first-order valence-electron chi connectivity index (χ1n) is 16.9. The molecule has 6 nitrogen and oxygen atoms in total. The molecule has 1 aromatic heterocycles. The molecule has 2 aliphatic carbocycles. The van der Waals surface area contributed by atoms with Gasteiger partial charge in [0.05, 0.1) is 12.2 Å². The van der Waals surface area contributed by atoms with Gasteiger partial charge in [-0.1, -0.05) is 79.9 Å². The molecule has 6 rings (SSSR count). The predicted octanol–water partition coefficient (Wildman–Crippen LogP) is 6.95. The first-order chi connectivity index (χ1) is 21.1. The summed E-state index contributed by atoms with van der Waals surface area (Å²) in [6, 6.07) is 24.9. The van der Waals surface area contributed by atoms with Gasteiger partial charge in [-0.2, -0.15) is 5.10 Å². The number of piperidine rings is 1. The molecule has 0 amide bonds. The molecule has 3 fully saturated rings. The van der Waals surface area contributed by atoms with E-state index in [1.54, 1.807) is 0 Å². The van der Waals surface area contributed by atoms with Crippen molar-refractivity contribution < 1.29 is 9.90 Å². The first kappa shape index (κ1) is 30.1. The molecule has 0 bridgehead atoms. The summed E-state index contributed by atoms with van der Waals surface area (Å²) in [5, 5.41) is 14.8. The summed E-state index contributed by atoms with van der Waals surface area (Å²) in [5.41, 5.74) is 5.34. The number of hydrogen-bond acceptors (Lipinski definition) is 4. The normalized spacial score (nSPS) is 24.1. The van der Waals surface area contributed by atoms with Gasteiger partial charge >= 0.3 is 5.97 Å². The molecule has 230 valence electrons. The highest BCUT2D eigenvalue weighted by Crippen LogP contribution is 2.44. The number of likely N-dealkylation sites (tertiary alicyclic amines) is 1. The maximum atomic E-state index is 12.0. The molecule has 1 N–H and O–H groups in total. The van der Waals surface area contributed by atoms with Gasteiger partial charge in [-0.05, 0) is 87.6 Å². The number of hydrogen-bond donors (Lipinski definition) is 1. The lowest BCUT2D eigenvalue weighted by Gasteiger charge is -2.38. The number of rotatable bonds is 11. The maximum Gasteiger partial charge on any atom is 0.317 e. The number of nitrogens with zero attached hydrogens (tertiary/aromatic N) is 4. The number of aromatic nitrogens is 2. The Hall–Kier alpha value is -2.96. The summed E-state index contributed by atoms with van der Waals surface area (Å²) in [5.74, 6) is 0.936. The smallest absolute Gasteiger partial charge is 0.317 e. The molecule has 1 aliphatic heterocycles. The van der Waals surface area contributed by atoms with Gasteiger partial charge < -0.3 is 10.0 Å². The van der Waals surface area contributed by atoms with Crippen LogP contribution in [-0.2, 0) is 17.8 Å². The van der Waals surface area contributed by atoms with Gasteiger partial charge in [0.25, 0.3) is 0 Å². The summed E-state index contributed by atoms with van der Waals surface area (Å²) in [4.78, 5) is 17.1. The molecule has 6 heteroatoms. The average molecular weight is 583 g/mol. The molecule has 0 radical (unpaired) electrons. The number of aliphatic carboxylic acids is 1. The van der Waals surface area contributed by atoms with Crippen LogP contribution in [0.2, 0.25) is 0 Å². The van der Waals surface area contributed by atoms with Crippen molar-refractivity contribution in [1.29, 1.82) is 0 Å². The third kappa shape index (κ3) is 7.41. The summed E-state index contributed by atoms with van der Waals surface area (Å²) >= 11 is 0. The van der Waals surface area contributed by atoms with E-state index in [0.29, 0.717) is 29.8 Å². The van der Waals surface area contributed by atoms with Crippen molar-refractivity contribution in [1.82, 2.24) is 19.6 Å². The van der Waals surface area contributed by atoms with E-state index in [1.807, 2.05) is 0 Å². The van der Waals surface area contributed by atoms with E-state index in [9.17, 15) is 9.90 Å². The van der Waals surface area contributed by atoms with E-state index >= 15 is 0 Å². The zero-order chi connectivity index (χ0) is 29.6. The van der Waals surface area contributed by atoms with Gasteiger partial charge in [0, 0.05) is 43.2 Å². The molecule has 3 atom stereocenters. The van der Waals surface area contributed by atoms with E-state index in [2.05, 4.69) is 88.1 Å². The third-order valence-electron chi connectivity index (χ3n) is 10.6. The second-order valence-corrected chi connectivity index (χ2v) is 13.4. The van der Waals surface area contributed by atoms with Crippen LogP contribution in [0.4, 0.5) is 0 Å². The number of carboxylic acids is 1. The Morgan fingerprint density at radius 3 is 2.28 bits per heavy atom. The Morgan fingerprint density at radius 1 is 0.907 bits per heavy atom. The molecule has 0 spiro atoms. The van der Waals surface area contributed by atoms with Gasteiger partial charge in [0.15, 0.2) is 0 Å². The van der Waals surface area contributed by atoms with E-state index in [0.717, 1.165) is 58.3 Å². The Labute approximate surface area is 258 Å². The Balaban J connectivity index is 1.12. The predicted molar refractivity (Wildman–Crippen MR) is 172 cm³/mol. The second kappa shape index (κ2) is 14.2. The molecule has 2 saturated carbocycles. The molecule has 3 aromatic rings. The van der Waals surface area contributed by atoms with Crippen LogP contribution in [0.1, 0.15) is 99.1 Å². The average Bonchev–Trinajstić information content (AvgIpc) is 3.65. The van der Waals surface area contributed by atoms with Gasteiger partial charge in [-0.25, -0.2) is 0 Å². The minimum absolute atomic E-state index is 0.187. The Kier molecular flexibility index (Phi) is 9.95. The summed E-state index contributed by atoms with van der Waals surface area (Å²) in [7, 11) is 0. The minimum Gasteiger partial charge on any atom is -0.480 e. The minimum atomic E-state index is -0.675. The van der Waals surface area contributed by atoms with Crippen LogP contribution in [0.3, 0.4) is 0 Å². The summed E-state index contributed by atoms with van der Waals surface area (Å²) in [6.07, 6.45) is 11.5. The van der Waals surface area contributed by atoms with Crippen LogP contribution in [-0.4, -0.2) is 68.9 Å². The van der Waals surface area contributed by atoms with Crippen molar-refractivity contribution in [2.45, 2.75) is 102 Å². The Morgan fingerprint density at radius 2 is 1.60 bits per heavy atom. The van der Waals surface area contributed by atoms with Crippen molar-refractivity contribution in [3.05, 3.63) is 89.2 Å². The number of aryl methyl sites for hydroxylation is 1. The molecular weight excluding hydrogens is 532 g/mol. The molecule has 1 saturated heterocycles. The van der Waals surface area contributed by atoms with Crippen molar-refractivity contribution >= 4 is 5.97 Å². The Bertz CT molecular complexity index is 1290. The zero-order valence-electron chi connectivity index (χ0n) is 26.0. The van der Waals surface area contributed by atoms with E-state index < -0.39 is 5.97 Å². The monoisotopic (exact) mass is 582 g/mol. The molecule has 1 unspecified atom stereocenters. The number of carbonyl (C=O) groups is 1. The topological polar surface area (TPSA) is 61.6 Å². The van der Waals surface area contributed by atoms with E-state index in [1.165, 1.54) is 54.6 Å². The molecule has 43 heavy (non-hydrogen) atoms. The van der Waals surface area contributed by atoms with Crippen molar-refractivity contribution in [3.8, 4) is 0 Å². The highest BCUT2D eigenvalue weighted by Gasteiger charge is 2.41. The zero-order valence-corrected chi connectivity index (χ0v) is 26.0. The number of carboxylic acid groups (broad SMARTS) is 1. The molecule has 2 heterocycles. The third-order valence-corrected chi connectivity index (χ3v) is 10.6. The van der Waals surface area contributed by atoms with Crippen molar-refractivity contribution in [2.24, 2.45) is 5.92 Å². The van der Waals surface area contributed by atoms with Crippen LogP contribution >= 0.6 is 0 Å².